The molecule has 0 amide bonds. The summed E-state index contributed by atoms with van der Waals surface area (Å²) in [4.78, 5) is 0. The van der Waals surface area contributed by atoms with Crippen molar-refractivity contribution in [2.75, 3.05) is 6.61 Å². The first-order chi connectivity index (χ1) is 5.46. The predicted molar refractivity (Wildman–Crippen MR) is 33.3 cm³/mol. The van der Waals surface area contributed by atoms with Crippen molar-refractivity contribution in [3.63, 3.8) is 0 Å². The topological polar surface area (TPSA) is 29.5 Å². The molecule has 0 heterocycles. The average molecular weight is 208 g/mol. The Morgan fingerprint density at radius 3 is 1.69 bits per heavy atom. The van der Waals surface area contributed by atoms with Crippen molar-refractivity contribution < 1.29 is 31.8 Å². The predicted octanol–water partition coefficient (Wildman–Crippen LogP) is 1.93. The van der Waals surface area contributed by atoms with Crippen LogP contribution in [0.3, 0.4) is 0 Å². The Labute approximate surface area is 71.3 Å². The van der Waals surface area contributed by atoms with Crippen LogP contribution < -0.4 is 0 Å². The van der Waals surface area contributed by atoms with Gasteiger partial charge < -0.3 is 9.84 Å². The van der Waals surface area contributed by atoms with Crippen LogP contribution in [0.4, 0.5) is 22.0 Å². The molecular formula is C6H9F5O2. The molecular weight excluding hydrogens is 199 g/mol. The molecule has 1 N–H and O–H groups in total. The zero-order valence-corrected chi connectivity index (χ0v) is 6.95. The Hall–Kier alpha value is -0.430. The molecule has 0 aliphatic rings. The lowest BCUT2D eigenvalue weighted by Crippen LogP contribution is -2.46. The molecule has 0 fully saturated rings. The van der Waals surface area contributed by atoms with E-state index in [1.54, 1.807) is 0 Å². The first-order valence-corrected chi connectivity index (χ1v) is 3.26. The minimum Gasteiger partial charge on any atom is -0.381 e. The molecule has 0 bridgehead atoms. The van der Waals surface area contributed by atoms with Crippen molar-refractivity contribution in [3.05, 3.63) is 0 Å². The maximum absolute atomic E-state index is 12.5. The van der Waals surface area contributed by atoms with Crippen LogP contribution in [0.5, 0.6) is 0 Å². The maximum Gasteiger partial charge on any atom is 0.412 e. The third-order valence-electron chi connectivity index (χ3n) is 1.13. The highest BCUT2D eigenvalue weighted by molar-refractivity contribution is 4.76. The van der Waals surface area contributed by atoms with Crippen molar-refractivity contribution in [1.29, 1.82) is 0 Å². The van der Waals surface area contributed by atoms with Crippen LogP contribution >= 0.6 is 0 Å². The number of ether oxygens (including phenoxy) is 1. The van der Waals surface area contributed by atoms with E-state index in [4.69, 9.17) is 5.11 Å². The fraction of sp³-hybridized carbons (Fsp3) is 1.00. The number of alkyl halides is 5. The Morgan fingerprint density at radius 2 is 1.46 bits per heavy atom. The van der Waals surface area contributed by atoms with E-state index in [2.05, 4.69) is 4.74 Å². The molecule has 0 spiro atoms. The summed E-state index contributed by atoms with van der Waals surface area (Å²) in [7, 11) is 0. The van der Waals surface area contributed by atoms with Gasteiger partial charge in [0.15, 0.2) is 0 Å². The smallest absolute Gasteiger partial charge is 0.381 e. The summed E-state index contributed by atoms with van der Waals surface area (Å²) < 4.78 is 62.5. The summed E-state index contributed by atoms with van der Waals surface area (Å²) in [6.45, 7) is -0.781. The molecule has 7 heteroatoms. The van der Waals surface area contributed by atoms with E-state index in [9.17, 15) is 22.0 Å². The molecule has 13 heavy (non-hydrogen) atoms. The van der Waals surface area contributed by atoms with E-state index < -0.39 is 24.5 Å². The van der Waals surface area contributed by atoms with Gasteiger partial charge in [-0.3, -0.25) is 0 Å². The van der Waals surface area contributed by atoms with Gasteiger partial charge in [-0.25, -0.2) is 0 Å². The summed E-state index contributed by atoms with van der Waals surface area (Å²) in [5, 5.41) is 8.70. The van der Waals surface area contributed by atoms with Gasteiger partial charge in [-0.2, -0.15) is 22.0 Å². The SMILES string of the molecule is CC(C)(O)C(F)(F)OCC(F)(F)F. The molecule has 0 aromatic rings. The second-order valence-corrected chi connectivity index (χ2v) is 2.98. The number of aliphatic hydroxyl groups is 1. The van der Waals surface area contributed by atoms with Crippen LogP contribution in [0.25, 0.3) is 0 Å². The molecule has 0 saturated carbocycles. The number of hydrogen-bond acceptors (Lipinski definition) is 2. The minimum absolute atomic E-state index is 0.656. The zero-order chi connectivity index (χ0) is 10.9. The van der Waals surface area contributed by atoms with Gasteiger partial charge in [0.05, 0.1) is 0 Å². The maximum atomic E-state index is 12.5. The van der Waals surface area contributed by atoms with E-state index in [1.807, 2.05) is 0 Å². The van der Waals surface area contributed by atoms with Gasteiger partial charge in [0, 0.05) is 0 Å². The first-order valence-electron chi connectivity index (χ1n) is 3.26. The molecule has 0 aromatic heterocycles. The molecule has 0 aromatic carbocycles. The molecule has 0 aliphatic heterocycles. The Kier molecular flexibility index (Phi) is 3.26. The summed E-state index contributed by atoms with van der Waals surface area (Å²) in [6.07, 6.45) is -9.06. The molecule has 0 rings (SSSR count). The lowest BCUT2D eigenvalue weighted by Gasteiger charge is -2.28. The normalized spacial score (nSPS) is 14.8. The standard InChI is InChI=1S/C6H9F5O2/c1-4(2,12)6(10,11)13-3-5(7,8)9/h12H,3H2,1-2H3. The second-order valence-electron chi connectivity index (χ2n) is 2.98. The first kappa shape index (κ1) is 12.6. The molecule has 0 aliphatic carbocycles. The second kappa shape index (κ2) is 3.38. The van der Waals surface area contributed by atoms with E-state index in [0.29, 0.717) is 13.8 Å². The molecule has 80 valence electrons. The third-order valence-corrected chi connectivity index (χ3v) is 1.13. The van der Waals surface area contributed by atoms with Crippen molar-refractivity contribution in [1.82, 2.24) is 0 Å². The lowest BCUT2D eigenvalue weighted by molar-refractivity contribution is -0.345. The lowest BCUT2D eigenvalue weighted by atomic mass is 10.1. The van der Waals surface area contributed by atoms with Crippen molar-refractivity contribution >= 4 is 0 Å². The third kappa shape index (κ3) is 4.37. The number of rotatable bonds is 3. The summed E-state index contributed by atoms with van der Waals surface area (Å²) in [5.41, 5.74) is -2.64. The molecule has 0 saturated heterocycles. The van der Waals surface area contributed by atoms with Crippen molar-refractivity contribution in [2.24, 2.45) is 0 Å². The van der Waals surface area contributed by atoms with Crippen molar-refractivity contribution in [2.45, 2.75) is 31.7 Å². The summed E-state index contributed by atoms with van der Waals surface area (Å²) >= 11 is 0. The van der Waals surface area contributed by atoms with Gasteiger partial charge in [-0.05, 0) is 13.8 Å². The highest BCUT2D eigenvalue weighted by Gasteiger charge is 2.49. The molecule has 2 nitrogen and oxygen atoms in total. The van der Waals surface area contributed by atoms with Crippen LogP contribution in [0.15, 0.2) is 0 Å². The number of hydrogen-bond donors (Lipinski definition) is 1. The van der Waals surface area contributed by atoms with Crippen molar-refractivity contribution in [3.8, 4) is 0 Å². The highest BCUT2D eigenvalue weighted by atomic mass is 19.4. The Balaban J connectivity index is 4.21. The van der Waals surface area contributed by atoms with Gasteiger partial charge in [0.2, 0.25) is 0 Å². The molecule has 0 unspecified atom stereocenters. The van der Waals surface area contributed by atoms with Crippen LogP contribution in [0.1, 0.15) is 13.8 Å². The van der Waals surface area contributed by atoms with E-state index >= 15 is 0 Å². The quantitative estimate of drug-likeness (QED) is 0.718. The Bertz CT molecular complexity index is 169. The van der Waals surface area contributed by atoms with Crippen LogP contribution in [0, 0.1) is 0 Å². The fourth-order valence-electron chi connectivity index (χ4n) is 0.349. The van der Waals surface area contributed by atoms with Gasteiger partial charge >= 0.3 is 12.3 Å². The summed E-state index contributed by atoms with van der Waals surface area (Å²) in [6, 6.07) is 0. The average Bonchev–Trinajstić information content (AvgIpc) is 1.79. The largest absolute Gasteiger partial charge is 0.412 e. The van der Waals surface area contributed by atoms with E-state index in [-0.39, 0.29) is 0 Å². The zero-order valence-electron chi connectivity index (χ0n) is 6.95. The summed E-state index contributed by atoms with van der Waals surface area (Å²) in [5.74, 6) is 0. The van der Waals surface area contributed by atoms with Crippen LogP contribution in [-0.4, -0.2) is 29.6 Å². The van der Waals surface area contributed by atoms with E-state index in [1.165, 1.54) is 0 Å². The highest BCUT2D eigenvalue weighted by Crippen LogP contribution is 2.31. The van der Waals surface area contributed by atoms with Crippen LogP contribution in [-0.2, 0) is 4.74 Å². The fourth-order valence-corrected chi connectivity index (χ4v) is 0.349. The van der Waals surface area contributed by atoms with Crippen LogP contribution in [0.2, 0.25) is 0 Å². The van der Waals surface area contributed by atoms with Gasteiger partial charge in [-0.15, -0.1) is 0 Å². The van der Waals surface area contributed by atoms with E-state index in [0.717, 1.165) is 0 Å². The molecule has 0 atom stereocenters. The number of halogens is 5. The Morgan fingerprint density at radius 1 is 1.08 bits per heavy atom. The minimum atomic E-state index is -4.84. The van der Waals surface area contributed by atoms with Gasteiger partial charge in [0.25, 0.3) is 0 Å². The van der Waals surface area contributed by atoms with Gasteiger partial charge in [0.1, 0.15) is 12.2 Å². The van der Waals surface area contributed by atoms with Gasteiger partial charge in [-0.1, -0.05) is 0 Å². The molecule has 0 radical (unpaired) electrons. The monoisotopic (exact) mass is 208 g/mol.